The first kappa shape index (κ1) is 21.4. The van der Waals surface area contributed by atoms with Crippen molar-refractivity contribution >= 4 is 38.0 Å². The maximum atomic E-state index is 13.3. The van der Waals surface area contributed by atoms with E-state index in [2.05, 4.69) is 4.72 Å². The number of hydrogen-bond donors (Lipinski definition) is 1. The van der Waals surface area contributed by atoms with E-state index < -0.39 is 26.7 Å². The third-order valence-corrected chi connectivity index (χ3v) is 6.67. The lowest BCUT2D eigenvalue weighted by Crippen LogP contribution is -2.15. The Bertz CT molecular complexity index is 1240. The predicted octanol–water partition coefficient (Wildman–Crippen LogP) is 4.36. The molecule has 0 bridgehead atoms. The van der Waals surface area contributed by atoms with Gasteiger partial charge in [0.25, 0.3) is 15.7 Å². The van der Waals surface area contributed by atoms with Crippen LogP contribution >= 0.6 is 11.3 Å². The van der Waals surface area contributed by atoms with E-state index in [1.807, 2.05) is 0 Å². The summed E-state index contributed by atoms with van der Waals surface area (Å²) in [6, 6.07) is 9.92. The van der Waals surface area contributed by atoms with Gasteiger partial charge >= 0.3 is 5.97 Å². The molecule has 0 atom stereocenters. The van der Waals surface area contributed by atoms with E-state index in [0.717, 1.165) is 24.5 Å². The Morgan fingerprint density at radius 3 is 2.47 bits per heavy atom. The predicted molar refractivity (Wildman–Crippen MR) is 110 cm³/mol. The molecule has 3 aromatic rings. The molecule has 30 heavy (non-hydrogen) atoms. The number of nitrogens with zero attached hydrogens (tertiary/aromatic N) is 1. The van der Waals surface area contributed by atoms with Crippen molar-refractivity contribution in [1.82, 2.24) is 0 Å². The molecule has 0 amide bonds. The molecular formula is C19H15FN2O6S2. The first-order valence-electron chi connectivity index (χ1n) is 8.39. The number of ether oxygens (including phenoxy) is 1. The molecule has 0 unspecified atom stereocenters. The van der Waals surface area contributed by atoms with Gasteiger partial charge in [0.15, 0.2) is 0 Å². The van der Waals surface area contributed by atoms with Crippen LogP contribution in [0, 0.1) is 22.9 Å². The average Bonchev–Trinajstić information content (AvgIpc) is 3.03. The number of hydrogen-bond acceptors (Lipinski definition) is 7. The zero-order valence-electron chi connectivity index (χ0n) is 15.7. The second-order valence-corrected chi connectivity index (χ2v) is 9.00. The zero-order chi connectivity index (χ0) is 22.1. The van der Waals surface area contributed by atoms with Gasteiger partial charge in [0.2, 0.25) is 0 Å². The molecule has 2 aromatic carbocycles. The Morgan fingerprint density at radius 2 is 1.87 bits per heavy atom. The van der Waals surface area contributed by atoms with Gasteiger partial charge < -0.3 is 4.74 Å². The molecule has 0 aliphatic heterocycles. The number of thiophene rings is 1. The minimum atomic E-state index is -4.24. The van der Waals surface area contributed by atoms with Crippen molar-refractivity contribution in [3.05, 3.63) is 74.9 Å². The number of nitrogens with one attached hydrogen (secondary N) is 1. The third-order valence-electron chi connectivity index (χ3n) is 4.17. The smallest absolute Gasteiger partial charge is 0.341 e. The molecule has 0 fully saturated rings. The number of methoxy groups -OCH3 is 1. The molecule has 1 aromatic heterocycles. The average molecular weight is 450 g/mol. The summed E-state index contributed by atoms with van der Waals surface area (Å²) in [4.78, 5) is 23.0. The number of carbonyl (C=O) groups is 1. The number of carbonyl (C=O) groups excluding carboxylic acids is 1. The lowest BCUT2D eigenvalue weighted by Gasteiger charge is -2.10. The number of anilines is 1. The van der Waals surface area contributed by atoms with Crippen molar-refractivity contribution in [2.24, 2.45) is 0 Å². The fourth-order valence-electron chi connectivity index (χ4n) is 2.82. The lowest BCUT2D eigenvalue weighted by atomic mass is 10.0. The number of halogens is 1. The van der Waals surface area contributed by atoms with Gasteiger partial charge in [0.1, 0.15) is 16.4 Å². The van der Waals surface area contributed by atoms with E-state index in [4.69, 9.17) is 4.74 Å². The van der Waals surface area contributed by atoms with Crippen molar-refractivity contribution in [1.29, 1.82) is 0 Å². The Kier molecular flexibility index (Phi) is 5.85. The Morgan fingerprint density at radius 1 is 1.20 bits per heavy atom. The van der Waals surface area contributed by atoms with Crippen molar-refractivity contribution in [3.63, 3.8) is 0 Å². The molecule has 11 heteroatoms. The number of benzene rings is 2. The van der Waals surface area contributed by atoms with Gasteiger partial charge in [-0.15, -0.1) is 11.3 Å². The summed E-state index contributed by atoms with van der Waals surface area (Å²) >= 11 is 0.997. The van der Waals surface area contributed by atoms with Crippen LogP contribution in [0.25, 0.3) is 11.1 Å². The van der Waals surface area contributed by atoms with Crippen molar-refractivity contribution < 1.29 is 27.3 Å². The monoisotopic (exact) mass is 450 g/mol. The second-order valence-electron chi connectivity index (χ2n) is 6.10. The van der Waals surface area contributed by atoms with Crippen LogP contribution in [0.3, 0.4) is 0 Å². The summed E-state index contributed by atoms with van der Waals surface area (Å²) in [5, 5.41) is 10.9. The molecule has 1 heterocycles. The van der Waals surface area contributed by atoms with E-state index in [9.17, 15) is 27.7 Å². The lowest BCUT2D eigenvalue weighted by molar-refractivity contribution is -0.385. The van der Waals surface area contributed by atoms with Crippen molar-refractivity contribution in [2.75, 3.05) is 11.8 Å². The zero-order valence-corrected chi connectivity index (χ0v) is 17.3. The van der Waals surface area contributed by atoms with Crippen LogP contribution in [0.2, 0.25) is 0 Å². The largest absolute Gasteiger partial charge is 0.465 e. The molecule has 8 nitrogen and oxygen atoms in total. The number of rotatable bonds is 6. The fraction of sp³-hybridized carbons (Fsp3) is 0.105. The topological polar surface area (TPSA) is 116 Å². The maximum Gasteiger partial charge on any atom is 0.341 e. The van der Waals surface area contributed by atoms with Gasteiger partial charge in [0.05, 0.1) is 16.9 Å². The summed E-state index contributed by atoms with van der Waals surface area (Å²) < 4.78 is 46.1. The fourth-order valence-corrected chi connectivity index (χ4v) is 5.23. The van der Waals surface area contributed by atoms with Gasteiger partial charge in [-0.1, -0.05) is 18.2 Å². The number of aryl methyl sites for hydroxylation is 1. The third kappa shape index (κ3) is 4.16. The molecule has 0 saturated carbocycles. The van der Waals surface area contributed by atoms with E-state index in [1.54, 1.807) is 6.92 Å². The molecule has 0 radical (unpaired) electrons. The van der Waals surface area contributed by atoms with Crippen LogP contribution in [0.4, 0.5) is 15.1 Å². The highest BCUT2D eigenvalue weighted by atomic mass is 32.2. The molecule has 156 valence electrons. The van der Waals surface area contributed by atoms with Gasteiger partial charge in [-0.3, -0.25) is 14.8 Å². The normalized spacial score (nSPS) is 11.2. The van der Waals surface area contributed by atoms with Crippen molar-refractivity contribution in [3.8, 4) is 11.1 Å². The summed E-state index contributed by atoms with van der Waals surface area (Å²) in [7, 11) is -3.08. The highest BCUT2D eigenvalue weighted by molar-refractivity contribution is 7.93. The number of nitro groups is 1. The Hall–Kier alpha value is -3.31. The summed E-state index contributed by atoms with van der Waals surface area (Å²) in [6.07, 6.45) is 0. The molecule has 1 N–H and O–H groups in total. The molecule has 3 rings (SSSR count). The van der Waals surface area contributed by atoms with E-state index in [1.165, 1.54) is 42.5 Å². The Balaban J connectivity index is 2.11. The molecular weight excluding hydrogens is 435 g/mol. The quantitative estimate of drug-likeness (QED) is 0.339. The van der Waals surface area contributed by atoms with Crippen LogP contribution in [0.1, 0.15) is 15.2 Å². The first-order valence-corrected chi connectivity index (χ1v) is 10.7. The number of sulfonamides is 1. The SMILES string of the molecule is COC(=O)c1c(NS(=O)(=O)c2cccc([N+](=O)[O-])c2)sc(C)c1-c1ccc(F)cc1. The Labute approximate surface area is 175 Å². The number of esters is 1. The number of nitro benzene ring substituents is 1. The van der Waals surface area contributed by atoms with Gasteiger partial charge in [-0.25, -0.2) is 17.6 Å². The first-order chi connectivity index (χ1) is 14.1. The molecule has 0 aliphatic carbocycles. The van der Waals surface area contributed by atoms with Crippen LogP contribution in [-0.2, 0) is 14.8 Å². The van der Waals surface area contributed by atoms with Crippen LogP contribution in [0.5, 0.6) is 0 Å². The van der Waals surface area contributed by atoms with E-state index in [-0.39, 0.29) is 21.1 Å². The summed E-state index contributed by atoms with van der Waals surface area (Å²) in [6.45, 7) is 1.68. The van der Waals surface area contributed by atoms with Gasteiger partial charge in [0, 0.05) is 22.6 Å². The van der Waals surface area contributed by atoms with Gasteiger partial charge in [-0.2, -0.15) is 0 Å². The highest BCUT2D eigenvalue weighted by Gasteiger charge is 2.28. The van der Waals surface area contributed by atoms with Crippen molar-refractivity contribution in [2.45, 2.75) is 11.8 Å². The van der Waals surface area contributed by atoms with Gasteiger partial charge in [-0.05, 0) is 30.7 Å². The standard InChI is InChI=1S/C19H15FN2O6S2/c1-11-16(12-6-8-13(20)9-7-12)17(19(23)28-2)18(29-11)21-30(26,27)15-5-3-4-14(10-15)22(24)25/h3-10,21H,1-2H3. The number of non-ortho nitro benzene ring substituents is 1. The van der Waals surface area contributed by atoms with Crippen LogP contribution < -0.4 is 4.72 Å². The summed E-state index contributed by atoms with van der Waals surface area (Å²) in [5.41, 5.74) is 0.496. The van der Waals surface area contributed by atoms with Crippen LogP contribution in [0.15, 0.2) is 53.4 Å². The minimum Gasteiger partial charge on any atom is -0.465 e. The maximum absolute atomic E-state index is 13.3. The minimum absolute atomic E-state index is 0.00909. The van der Waals surface area contributed by atoms with Crippen LogP contribution in [-0.4, -0.2) is 26.4 Å². The molecule has 0 aliphatic rings. The highest BCUT2D eigenvalue weighted by Crippen LogP contribution is 2.41. The molecule has 0 saturated heterocycles. The van der Waals surface area contributed by atoms with E-state index in [0.29, 0.717) is 16.0 Å². The van der Waals surface area contributed by atoms with E-state index >= 15 is 0 Å². The summed E-state index contributed by atoms with van der Waals surface area (Å²) in [5.74, 6) is -1.24. The second kappa shape index (κ2) is 8.20. The molecule has 0 spiro atoms.